The third kappa shape index (κ3) is 6.57. The minimum Gasteiger partial charge on any atom is -0.604 e. The molecular weight excluding hydrogens is 592 g/mol. The molecule has 2 aromatic rings. The minimum absolute atomic E-state index is 0.101. The van der Waals surface area contributed by atoms with Crippen LogP contribution in [0.4, 0.5) is 0 Å². The van der Waals surface area contributed by atoms with Crippen molar-refractivity contribution in [2.24, 2.45) is 5.41 Å². The summed E-state index contributed by atoms with van der Waals surface area (Å²) in [5.74, 6) is -5.85. The quantitative estimate of drug-likeness (QED) is 0.0829. The Morgan fingerprint density at radius 2 is 1.64 bits per heavy atom. The molecule has 2 unspecified atom stereocenters. The van der Waals surface area contributed by atoms with E-state index in [0.29, 0.717) is 11.1 Å². The number of ether oxygens (including phenoxy) is 3. The predicted molar refractivity (Wildman–Crippen MR) is 154 cm³/mol. The fourth-order valence-corrected chi connectivity index (χ4v) is 6.02. The molecular formula is C30H30N4O9S. The van der Waals surface area contributed by atoms with Gasteiger partial charge >= 0.3 is 23.0 Å². The Balaban J connectivity index is 1.53. The van der Waals surface area contributed by atoms with Gasteiger partial charge in [0.25, 0.3) is 5.91 Å². The first kappa shape index (κ1) is 32.1. The SMILES string of the molecule is CC1=C(C(=O)OCOC(=O)C(C)(C)C)N2C(=O)C(NC(=O)C(C(=O)OCc3ccccc3)c3ccccc3)[C@@H]2[S@@+]([O-])C1=[N+]=[N-]. The molecule has 2 aliphatic rings. The van der Waals surface area contributed by atoms with Crippen molar-refractivity contribution in [2.75, 3.05) is 6.79 Å². The molecule has 0 spiro atoms. The van der Waals surface area contributed by atoms with Crippen molar-refractivity contribution in [1.82, 2.24) is 10.2 Å². The summed E-state index contributed by atoms with van der Waals surface area (Å²) in [6.45, 7) is 5.25. The second kappa shape index (κ2) is 13.2. The third-order valence-corrected chi connectivity index (χ3v) is 8.49. The van der Waals surface area contributed by atoms with Crippen LogP contribution in [0.15, 0.2) is 71.9 Å². The number of fused-ring (bicyclic) bond motifs is 1. The van der Waals surface area contributed by atoms with Gasteiger partial charge in [-0.25, -0.2) is 4.79 Å². The Morgan fingerprint density at radius 1 is 1.02 bits per heavy atom. The zero-order valence-electron chi connectivity index (χ0n) is 24.3. The largest absolute Gasteiger partial charge is 0.604 e. The van der Waals surface area contributed by atoms with E-state index in [1.807, 2.05) is 0 Å². The van der Waals surface area contributed by atoms with Crippen LogP contribution in [-0.4, -0.2) is 67.2 Å². The number of hydrogen-bond donors (Lipinski definition) is 1. The second-order valence-electron chi connectivity index (χ2n) is 10.9. The lowest BCUT2D eigenvalue weighted by Crippen LogP contribution is -2.75. The second-order valence-corrected chi connectivity index (χ2v) is 12.4. The highest BCUT2D eigenvalue weighted by atomic mass is 32.2. The summed E-state index contributed by atoms with van der Waals surface area (Å²) in [7, 11) is 0. The first-order chi connectivity index (χ1) is 20.9. The Hall–Kier alpha value is -4.78. The molecule has 2 aromatic carbocycles. The fraction of sp³-hybridized carbons (Fsp3) is 0.333. The van der Waals surface area contributed by atoms with Gasteiger partial charge in [0.05, 0.1) is 16.6 Å². The summed E-state index contributed by atoms with van der Waals surface area (Å²) in [4.78, 5) is 68.9. The van der Waals surface area contributed by atoms with Crippen LogP contribution in [0.25, 0.3) is 5.53 Å². The molecule has 0 bridgehead atoms. The average molecular weight is 623 g/mol. The zero-order valence-corrected chi connectivity index (χ0v) is 25.2. The van der Waals surface area contributed by atoms with E-state index in [0.717, 1.165) is 4.90 Å². The molecule has 44 heavy (non-hydrogen) atoms. The Kier molecular flexibility index (Phi) is 9.68. The van der Waals surface area contributed by atoms with Gasteiger partial charge in [-0.05, 0) is 38.8 Å². The molecule has 1 saturated heterocycles. The van der Waals surface area contributed by atoms with E-state index in [1.165, 1.54) is 6.92 Å². The van der Waals surface area contributed by atoms with Crippen molar-refractivity contribution in [3.63, 3.8) is 0 Å². The number of nitrogens with zero attached hydrogens (tertiary/aromatic N) is 3. The van der Waals surface area contributed by atoms with Crippen LogP contribution < -0.4 is 5.32 Å². The molecule has 1 fully saturated rings. The smallest absolute Gasteiger partial charge is 0.490 e. The van der Waals surface area contributed by atoms with E-state index in [4.69, 9.17) is 14.2 Å². The maximum Gasteiger partial charge on any atom is 0.490 e. The Bertz CT molecular complexity index is 1550. The molecule has 1 N–H and O–H groups in total. The summed E-state index contributed by atoms with van der Waals surface area (Å²) in [5.41, 5.74) is 9.19. The zero-order chi connectivity index (χ0) is 32.2. The number of carbonyl (C=O) groups excluding carboxylic acids is 5. The van der Waals surface area contributed by atoms with Crippen molar-refractivity contribution in [2.45, 2.75) is 51.6 Å². The lowest BCUT2D eigenvalue weighted by Gasteiger charge is -2.46. The van der Waals surface area contributed by atoms with Crippen LogP contribution >= 0.6 is 0 Å². The number of β-lactam (4-membered cyclic amide) rings is 1. The van der Waals surface area contributed by atoms with Gasteiger partial charge in [0, 0.05) is 0 Å². The normalized spacial score (nSPS) is 20.0. The fourth-order valence-electron chi connectivity index (χ4n) is 4.48. The number of benzene rings is 2. The molecule has 230 valence electrons. The Labute approximate surface area is 255 Å². The monoisotopic (exact) mass is 622 g/mol. The molecule has 2 aliphatic heterocycles. The van der Waals surface area contributed by atoms with Gasteiger partial charge in [-0.1, -0.05) is 60.7 Å². The number of amides is 2. The Morgan fingerprint density at radius 3 is 2.23 bits per heavy atom. The molecule has 2 heterocycles. The van der Waals surface area contributed by atoms with E-state index >= 15 is 0 Å². The number of rotatable bonds is 9. The topological polar surface area (TPSA) is 188 Å². The van der Waals surface area contributed by atoms with E-state index in [9.17, 15) is 34.1 Å². The van der Waals surface area contributed by atoms with Crippen molar-refractivity contribution in [1.29, 1.82) is 0 Å². The summed E-state index contributed by atoms with van der Waals surface area (Å²) in [6, 6.07) is 15.4. The number of hydrogen-bond acceptors (Lipinski definition) is 9. The van der Waals surface area contributed by atoms with E-state index < -0.39 is 81.2 Å². The standard InChI is InChI=1S/C30H30N4O9S/c1-17-22(28(38)42-16-43-29(39)30(2,3)4)34-25(36)21(26(34)44(40)24(17)33-31)32-23(35)20(19-13-9-6-10-14-19)27(37)41-15-18-11-7-5-8-12-18/h5-14,20-21,26H,15-16H2,1-4H3,(H,32,35)/t20?,21?,26-,44-/m0/s1. The summed E-state index contributed by atoms with van der Waals surface area (Å²) < 4.78 is 28.7. The molecule has 0 aromatic heterocycles. The van der Waals surface area contributed by atoms with Gasteiger partial charge in [0.15, 0.2) is 12.0 Å². The van der Waals surface area contributed by atoms with Crippen molar-refractivity contribution in [3.05, 3.63) is 88.6 Å². The van der Waals surface area contributed by atoms with Crippen LogP contribution in [0.3, 0.4) is 0 Å². The molecule has 13 nitrogen and oxygen atoms in total. The van der Waals surface area contributed by atoms with Crippen molar-refractivity contribution < 1.29 is 47.5 Å². The maximum atomic E-state index is 13.5. The molecule has 0 radical (unpaired) electrons. The summed E-state index contributed by atoms with van der Waals surface area (Å²) >= 11 is -2.20. The van der Waals surface area contributed by atoms with Crippen molar-refractivity contribution >= 4 is 45.9 Å². The molecule has 2 amide bonds. The average Bonchev–Trinajstić information content (AvgIpc) is 2.99. The molecule has 4 atom stereocenters. The molecule has 14 heteroatoms. The lowest BCUT2D eigenvalue weighted by atomic mass is 9.96. The van der Waals surface area contributed by atoms with E-state index in [1.54, 1.807) is 81.4 Å². The van der Waals surface area contributed by atoms with Gasteiger partial charge in [0.1, 0.15) is 17.9 Å². The van der Waals surface area contributed by atoms with Gasteiger partial charge < -0.3 is 29.6 Å². The first-order valence-corrected chi connectivity index (χ1v) is 14.6. The lowest BCUT2D eigenvalue weighted by molar-refractivity contribution is -0.173. The summed E-state index contributed by atoms with van der Waals surface area (Å²) in [6.07, 6.45) is 0. The molecule has 4 rings (SSSR count). The summed E-state index contributed by atoms with van der Waals surface area (Å²) in [5, 5.41) is 0.681. The first-order valence-electron chi connectivity index (χ1n) is 13.4. The van der Waals surface area contributed by atoms with Crippen LogP contribution in [0.1, 0.15) is 44.7 Å². The van der Waals surface area contributed by atoms with Gasteiger partial charge in [-0.3, -0.25) is 24.1 Å². The predicted octanol–water partition coefficient (Wildman–Crippen LogP) is 1.92. The van der Waals surface area contributed by atoms with Crippen LogP contribution in [0.2, 0.25) is 0 Å². The van der Waals surface area contributed by atoms with E-state index in [-0.39, 0.29) is 12.2 Å². The number of nitrogens with one attached hydrogen (secondary N) is 1. The minimum atomic E-state index is -2.20. The highest BCUT2D eigenvalue weighted by Gasteiger charge is 2.65. The van der Waals surface area contributed by atoms with Crippen LogP contribution in [0.5, 0.6) is 0 Å². The van der Waals surface area contributed by atoms with E-state index in [2.05, 4.69) is 10.1 Å². The maximum absolute atomic E-state index is 13.5. The highest BCUT2D eigenvalue weighted by molar-refractivity contribution is 8.07. The van der Waals surface area contributed by atoms with Gasteiger partial charge in [-0.15, -0.1) is 4.79 Å². The van der Waals surface area contributed by atoms with Crippen molar-refractivity contribution in [3.8, 4) is 0 Å². The van der Waals surface area contributed by atoms with Gasteiger partial charge in [0.2, 0.25) is 18.1 Å². The molecule has 0 aliphatic carbocycles. The highest BCUT2D eigenvalue weighted by Crippen LogP contribution is 2.38. The van der Waals surface area contributed by atoms with Crippen LogP contribution in [-0.2, 0) is 56.0 Å². The number of esters is 3. The van der Waals surface area contributed by atoms with Crippen LogP contribution in [0, 0.1) is 5.41 Å². The molecule has 0 saturated carbocycles. The third-order valence-electron chi connectivity index (χ3n) is 6.80. The van der Waals surface area contributed by atoms with Gasteiger partial charge in [-0.2, -0.15) is 0 Å². The number of carbonyl (C=O) groups is 5.